The van der Waals surface area contributed by atoms with Gasteiger partial charge in [-0.25, -0.2) is 13.2 Å². The van der Waals surface area contributed by atoms with Crippen molar-refractivity contribution in [2.24, 2.45) is 5.92 Å². The van der Waals surface area contributed by atoms with E-state index in [4.69, 9.17) is 0 Å². The maximum absolute atomic E-state index is 13.9. The quantitative estimate of drug-likeness (QED) is 0.887. The van der Waals surface area contributed by atoms with Gasteiger partial charge in [0.25, 0.3) is 0 Å². The van der Waals surface area contributed by atoms with E-state index in [1.807, 2.05) is 0 Å². The lowest BCUT2D eigenvalue weighted by molar-refractivity contribution is -0.127. The van der Waals surface area contributed by atoms with Crippen LogP contribution in [0.5, 0.6) is 0 Å². The van der Waals surface area contributed by atoms with Crippen molar-refractivity contribution in [2.75, 3.05) is 6.54 Å². The second kappa shape index (κ2) is 7.32. The van der Waals surface area contributed by atoms with Crippen molar-refractivity contribution in [3.05, 3.63) is 70.5 Å². The van der Waals surface area contributed by atoms with Crippen LogP contribution in [0.2, 0.25) is 0 Å². The van der Waals surface area contributed by atoms with Crippen LogP contribution in [-0.2, 0) is 16.0 Å². The number of Topliss-reactive ketones (excluding diaryl/α,β-unsaturated/α-hetero) is 1. The van der Waals surface area contributed by atoms with Gasteiger partial charge < -0.3 is 5.32 Å². The molecule has 26 heavy (non-hydrogen) atoms. The fraction of sp³-hybridized carbons (Fsp3) is 0.300. The molecular formula is C20H18F3NO2. The molecule has 1 fully saturated rings. The number of hydrogen-bond donors (Lipinski definition) is 1. The largest absolute Gasteiger partial charge is 0.355 e. The van der Waals surface area contributed by atoms with Gasteiger partial charge in [0.05, 0.1) is 5.92 Å². The van der Waals surface area contributed by atoms with Crippen molar-refractivity contribution in [2.45, 2.75) is 25.7 Å². The van der Waals surface area contributed by atoms with E-state index in [1.165, 1.54) is 43.3 Å². The number of benzene rings is 2. The average molecular weight is 361 g/mol. The SMILES string of the molecule is Cc1c(F)cc([C@@H]2CNC(=O)[C@H]2CC(=O)Cc2ccc(F)cc2)cc1F. The molecule has 0 radical (unpaired) electrons. The van der Waals surface area contributed by atoms with Crippen LogP contribution in [0.25, 0.3) is 0 Å². The van der Waals surface area contributed by atoms with Gasteiger partial charge in [0.15, 0.2) is 0 Å². The minimum absolute atomic E-state index is 0.0367. The van der Waals surface area contributed by atoms with Gasteiger partial charge in [-0.1, -0.05) is 12.1 Å². The lowest BCUT2D eigenvalue weighted by Gasteiger charge is -2.17. The standard InChI is InChI=1S/C20H18F3NO2/c1-11-18(22)7-13(8-19(11)23)17-10-24-20(26)16(17)9-15(25)6-12-2-4-14(21)5-3-12/h2-5,7-8,16-17H,6,9-10H2,1H3,(H,24,26)/t16-,17-/m0/s1. The lowest BCUT2D eigenvalue weighted by atomic mass is 9.84. The first-order valence-corrected chi connectivity index (χ1v) is 8.34. The minimum atomic E-state index is -0.676. The Morgan fingerprint density at radius 3 is 2.35 bits per heavy atom. The van der Waals surface area contributed by atoms with E-state index >= 15 is 0 Å². The lowest BCUT2D eigenvalue weighted by Crippen LogP contribution is -2.23. The highest BCUT2D eigenvalue weighted by atomic mass is 19.1. The molecular weight excluding hydrogens is 343 g/mol. The highest BCUT2D eigenvalue weighted by Gasteiger charge is 2.37. The molecule has 0 aliphatic carbocycles. The Hall–Kier alpha value is -2.63. The number of halogens is 3. The van der Waals surface area contributed by atoms with Gasteiger partial charge in [-0.15, -0.1) is 0 Å². The third-order valence-corrected chi connectivity index (χ3v) is 4.81. The highest BCUT2D eigenvalue weighted by molar-refractivity contribution is 5.90. The van der Waals surface area contributed by atoms with E-state index in [9.17, 15) is 22.8 Å². The number of rotatable bonds is 5. The molecule has 1 heterocycles. The van der Waals surface area contributed by atoms with E-state index in [2.05, 4.69) is 5.32 Å². The average Bonchev–Trinajstić information content (AvgIpc) is 2.95. The number of hydrogen-bond acceptors (Lipinski definition) is 2. The summed E-state index contributed by atoms with van der Waals surface area (Å²) in [6.45, 7) is 1.57. The zero-order valence-electron chi connectivity index (χ0n) is 14.2. The van der Waals surface area contributed by atoms with Crippen molar-refractivity contribution < 1.29 is 22.8 Å². The van der Waals surface area contributed by atoms with Gasteiger partial charge in [0.2, 0.25) is 5.91 Å². The molecule has 1 saturated heterocycles. The number of carbonyl (C=O) groups is 2. The first-order chi connectivity index (χ1) is 12.3. The number of nitrogens with one attached hydrogen (secondary N) is 1. The molecule has 2 aromatic rings. The van der Waals surface area contributed by atoms with E-state index in [0.717, 1.165) is 0 Å². The van der Waals surface area contributed by atoms with Crippen LogP contribution in [-0.4, -0.2) is 18.2 Å². The van der Waals surface area contributed by atoms with Crippen LogP contribution in [0.3, 0.4) is 0 Å². The molecule has 3 nitrogen and oxygen atoms in total. The molecule has 0 bridgehead atoms. The normalized spacial score (nSPS) is 19.5. The summed E-state index contributed by atoms with van der Waals surface area (Å²) in [4.78, 5) is 24.5. The summed E-state index contributed by atoms with van der Waals surface area (Å²) in [5.74, 6) is -3.36. The summed E-state index contributed by atoms with van der Waals surface area (Å²) in [6, 6.07) is 8.02. The molecule has 2 atom stereocenters. The Bertz CT molecular complexity index is 826. The van der Waals surface area contributed by atoms with Gasteiger partial charge in [0, 0.05) is 30.9 Å². The van der Waals surface area contributed by atoms with E-state index < -0.39 is 23.5 Å². The molecule has 0 aromatic heterocycles. The predicted octanol–water partition coefficient (Wildman–Crippen LogP) is 3.44. The molecule has 1 aliphatic heterocycles. The minimum Gasteiger partial charge on any atom is -0.355 e. The number of carbonyl (C=O) groups excluding carboxylic acids is 2. The topological polar surface area (TPSA) is 46.2 Å². The zero-order valence-corrected chi connectivity index (χ0v) is 14.2. The third kappa shape index (κ3) is 3.79. The van der Waals surface area contributed by atoms with Crippen LogP contribution in [0.15, 0.2) is 36.4 Å². The monoisotopic (exact) mass is 361 g/mol. The van der Waals surface area contributed by atoms with Gasteiger partial charge in [-0.05, 0) is 42.3 Å². The Kier molecular flexibility index (Phi) is 5.11. The maximum Gasteiger partial charge on any atom is 0.224 e. The van der Waals surface area contributed by atoms with Gasteiger partial charge >= 0.3 is 0 Å². The van der Waals surface area contributed by atoms with E-state index in [0.29, 0.717) is 11.1 Å². The predicted molar refractivity (Wildman–Crippen MR) is 90.1 cm³/mol. The summed E-state index contributed by atoms with van der Waals surface area (Å²) >= 11 is 0. The van der Waals surface area contributed by atoms with Crippen molar-refractivity contribution in [1.82, 2.24) is 5.32 Å². The molecule has 136 valence electrons. The molecule has 2 aromatic carbocycles. The highest BCUT2D eigenvalue weighted by Crippen LogP contribution is 2.33. The molecule has 1 amide bonds. The molecule has 1 N–H and O–H groups in total. The molecule has 1 aliphatic rings. The Balaban J connectivity index is 1.75. The maximum atomic E-state index is 13.9. The fourth-order valence-electron chi connectivity index (χ4n) is 3.28. The molecule has 0 saturated carbocycles. The van der Waals surface area contributed by atoms with E-state index in [-0.39, 0.29) is 42.5 Å². The fourth-order valence-corrected chi connectivity index (χ4v) is 3.28. The van der Waals surface area contributed by atoms with Gasteiger partial charge in [0.1, 0.15) is 23.2 Å². The first kappa shape index (κ1) is 18.2. The number of amides is 1. The van der Waals surface area contributed by atoms with Crippen LogP contribution in [0.4, 0.5) is 13.2 Å². The summed E-state index contributed by atoms with van der Waals surface area (Å²) in [6.07, 6.45) is 0.0401. The second-order valence-electron chi connectivity index (χ2n) is 6.61. The summed E-state index contributed by atoms with van der Waals surface area (Å²) in [7, 11) is 0. The second-order valence-corrected chi connectivity index (χ2v) is 6.61. The van der Waals surface area contributed by atoms with Crippen LogP contribution in [0, 0.1) is 30.3 Å². The molecule has 6 heteroatoms. The summed E-state index contributed by atoms with van der Waals surface area (Å²) in [5.41, 5.74) is 0.942. The molecule has 0 unspecified atom stereocenters. The first-order valence-electron chi connectivity index (χ1n) is 8.34. The van der Waals surface area contributed by atoms with E-state index in [1.54, 1.807) is 0 Å². The zero-order chi connectivity index (χ0) is 18.8. The van der Waals surface area contributed by atoms with Crippen LogP contribution in [0.1, 0.15) is 29.0 Å². The molecule has 3 rings (SSSR count). The van der Waals surface area contributed by atoms with Gasteiger partial charge in [-0.3, -0.25) is 9.59 Å². The van der Waals surface area contributed by atoms with Crippen molar-refractivity contribution in [3.8, 4) is 0 Å². The third-order valence-electron chi connectivity index (χ3n) is 4.81. The molecule has 0 spiro atoms. The Labute approximate surface area is 149 Å². The van der Waals surface area contributed by atoms with Crippen molar-refractivity contribution in [1.29, 1.82) is 0 Å². The Morgan fingerprint density at radius 2 is 1.73 bits per heavy atom. The summed E-state index contributed by atoms with van der Waals surface area (Å²) < 4.78 is 40.7. The Morgan fingerprint density at radius 1 is 1.12 bits per heavy atom. The van der Waals surface area contributed by atoms with Crippen molar-refractivity contribution in [3.63, 3.8) is 0 Å². The van der Waals surface area contributed by atoms with Crippen LogP contribution < -0.4 is 5.32 Å². The smallest absolute Gasteiger partial charge is 0.224 e. The number of ketones is 1. The van der Waals surface area contributed by atoms with Gasteiger partial charge in [-0.2, -0.15) is 0 Å². The summed E-state index contributed by atoms with van der Waals surface area (Å²) in [5, 5.41) is 2.66. The van der Waals surface area contributed by atoms with Crippen molar-refractivity contribution >= 4 is 11.7 Å². The van der Waals surface area contributed by atoms with Crippen LogP contribution >= 0.6 is 0 Å².